The van der Waals surface area contributed by atoms with Crippen LogP contribution in [0.15, 0.2) is 0 Å². The van der Waals surface area contributed by atoms with Crippen LogP contribution in [0, 0.1) is 11.3 Å². The zero-order chi connectivity index (χ0) is 11.7. The van der Waals surface area contributed by atoms with E-state index in [9.17, 15) is 9.59 Å². The third-order valence-electron chi connectivity index (χ3n) is 1.75. The topological polar surface area (TPSA) is 107 Å². The highest BCUT2D eigenvalue weighted by molar-refractivity contribution is 5.77. The number of primary amides is 1. The molecule has 0 aliphatic carbocycles. The van der Waals surface area contributed by atoms with Crippen molar-refractivity contribution in [3.8, 4) is 6.07 Å². The molecule has 0 saturated carbocycles. The predicted octanol–water partition coefficient (Wildman–Crippen LogP) is -0.448. The summed E-state index contributed by atoms with van der Waals surface area (Å²) >= 11 is 0. The van der Waals surface area contributed by atoms with E-state index >= 15 is 0 Å². The number of carboxylic acid groups (broad SMARTS) is 1. The van der Waals surface area contributed by atoms with Gasteiger partial charge in [-0.05, 0) is 19.4 Å². The number of carboxylic acids is 1. The number of unbranched alkanes of at least 4 members (excludes halogenated alkanes) is 2. The summed E-state index contributed by atoms with van der Waals surface area (Å²) in [6.45, 7) is 0.214. The van der Waals surface area contributed by atoms with Crippen LogP contribution in [-0.2, 0) is 9.59 Å². The molecule has 0 unspecified atom stereocenters. The molecule has 84 valence electrons. The molecule has 0 spiro atoms. The zero-order valence-electron chi connectivity index (χ0n) is 8.48. The van der Waals surface area contributed by atoms with Crippen LogP contribution in [0.1, 0.15) is 19.3 Å². The quantitative estimate of drug-likeness (QED) is 0.531. The normalized spacial score (nSPS) is 9.87. The van der Waals surface area contributed by atoms with E-state index in [2.05, 4.69) is 0 Å². The maximum absolute atomic E-state index is 10.6. The first-order chi connectivity index (χ1) is 7.06. The number of nitrogens with zero attached hydrogens (tertiary/aromatic N) is 2. The third kappa shape index (κ3) is 8.71. The monoisotopic (exact) mass is 213 g/mol. The Kier molecular flexibility index (Phi) is 6.93. The Labute approximate surface area is 88.3 Å². The first-order valence-electron chi connectivity index (χ1n) is 4.65. The SMILES string of the molecule is N#CCCCCN(CC(N)=O)CC(=O)O. The van der Waals surface area contributed by atoms with Crippen molar-refractivity contribution in [3.63, 3.8) is 0 Å². The van der Waals surface area contributed by atoms with Crippen LogP contribution < -0.4 is 5.73 Å². The van der Waals surface area contributed by atoms with Gasteiger partial charge in [-0.3, -0.25) is 14.5 Å². The van der Waals surface area contributed by atoms with Crippen LogP contribution >= 0.6 is 0 Å². The number of hydrogen-bond donors (Lipinski definition) is 2. The minimum Gasteiger partial charge on any atom is -0.480 e. The fourth-order valence-electron chi connectivity index (χ4n) is 1.17. The van der Waals surface area contributed by atoms with Gasteiger partial charge in [-0.25, -0.2) is 0 Å². The van der Waals surface area contributed by atoms with Crippen molar-refractivity contribution in [1.29, 1.82) is 5.26 Å². The fourth-order valence-corrected chi connectivity index (χ4v) is 1.17. The summed E-state index contributed by atoms with van der Waals surface area (Å²) in [5, 5.41) is 16.8. The summed E-state index contributed by atoms with van der Waals surface area (Å²) in [6.07, 6.45) is 1.83. The second kappa shape index (κ2) is 7.76. The molecule has 1 amide bonds. The van der Waals surface area contributed by atoms with Crippen molar-refractivity contribution in [3.05, 3.63) is 0 Å². The highest BCUT2D eigenvalue weighted by Gasteiger charge is 2.11. The molecule has 0 bridgehead atoms. The zero-order valence-corrected chi connectivity index (χ0v) is 8.48. The van der Waals surface area contributed by atoms with Gasteiger partial charge in [-0.15, -0.1) is 0 Å². The number of nitriles is 1. The molecule has 0 radical (unpaired) electrons. The largest absolute Gasteiger partial charge is 0.480 e. The molecule has 0 heterocycles. The maximum Gasteiger partial charge on any atom is 0.317 e. The molecule has 0 aliphatic heterocycles. The van der Waals surface area contributed by atoms with Gasteiger partial charge < -0.3 is 10.8 Å². The molecule has 0 atom stereocenters. The van der Waals surface area contributed by atoms with E-state index in [1.165, 1.54) is 4.90 Å². The molecule has 0 rings (SSSR count). The van der Waals surface area contributed by atoms with Crippen molar-refractivity contribution >= 4 is 11.9 Å². The molecule has 0 aromatic rings. The maximum atomic E-state index is 10.6. The standard InChI is InChI=1S/C9H15N3O3/c10-4-2-1-3-5-12(6-8(11)13)7-9(14)15/h1-3,5-7H2,(H2,11,13)(H,14,15). The highest BCUT2D eigenvalue weighted by Crippen LogP contribution is 1.97. The molecular weight excluding hydrogens is 198 g/mol. The van der Waals surface area contributed by atoms with E-state index < -0.39 is 11.9 Å². The minimum absolute atomic E-state index is 0.0567. The van der Waals surface area contributed by atoms with Gasteiger partial charge in [0.05, 0.1) is 19.2 Å². The third-order valence-corrected chi connectivity index (χ3v) is 1.75. The van der Waals surface area contributed by atoms with Crippen LogP contribution in [0.25, 0.3) is 0 Å². The molecule has 0 aromatic heterocycles. The number of amides is 1. The second-order valence-corrected chi connectivity index (χ2v) is 3.19. The molecular formula is C9H15N3O3. The number of aliphatic carboxylic acids is 1. The Hall–Kier alpha value is -1.61. The van der Waals surface area contributed by atoms with Gasteiger partial charge in [0.1, 0.15) is 0 Å². The summed E-state index contributed by atoms with van der Waals surface area (Å²) in [6, 6.07) is 2.00. The van der Waals surface area contributed by atoms with Crippen molar-refractivity contribution in [1.82, 2.24) is 4.90 Å². The van der Waals surface area contributed by atoms with E-state index in [-0.39, 0.29) is 13.1 Å². The van der Waals surface area contributed by atoms with Crippen LogP contribution in [-0.4, -0.2) is 41.5 Å². The van der Waals surface area contributed by atoms with Gasteiger partial charge >= 0.3 is 5.97 Å². The number of carbonyl (C=O) groups is 2. The van der Waals surface area contributed by atoms with Crippen LogP contribution in [0.2, 0.25) is 0 Å². The minimum atomic E-state index is -0.989. The van der Waals surface area contributed by atoms with Crippen LogP contribution in [0.5, 0.6) is 0 Å². The molecule has 0 saturated heterocycles. The predicted molar refractivity (Wildman–Crippen MR) is 52.7 cm³/mol. The smallest absolute Gasteiger partial charge is 0.317 e. The van der Waals surface area contributed by atoms with Crippen molar-refractivity contribution < 1.29 is 14.7 Å². The van der Waals surface area contributed by atoms with E-state index in [0.717, 1.165) is 0 Å². The average Bonchev–Trinajstić information content (AvgIpc) is 2.10. The molecule has 15 heavy (non-hydrogen) atoms. The lowest BCUT2D eigenvalue weighted by molar-refractivity contribution is -0.138. The van der Waals surface area contributed by atoms with Gasteiger partial charge in [0.25, 0.3) is 0 Å². The van der Waals surface area contributed by atoms with Gasteiger partial charge in [-0.2, -0.15) is 5.26 Å². The summed E-state index contributed by atoms with van der Waals surface area (Å²) in [5.74, 6) is -1.53. The van der Waals surface area contributed by atoms with Crippen molar-refractivity contribution in [2.75, 3.05) is 19.6 Å². The molecule has 6 nitrogen and oxygen atoms in total. The number of carbonyl (C=O) groups excluding carboxylic acids is 1. The number of rotatable bonds is 8. The van der Waals surface area contributed by atoms with E-state index in [0.29, 0.717) is 25.8 Å². The molecule has 0 fully saturated rings. The summed E-state index contributed by atoms with van der Waals surface area (Å²) in [5.41, 5.74) is 4.97. The number of nitrogens with two attached hydrogens (primary N) is 1. The average molecular weight is 213 g/mol. The summed E-state index contributed by atoms with van der Waals surface area (Å²) < 4.78 is 0. The lowest BCUT2D eigenvalue weighted by Gasteiger charge is -2.17. The lowest BCUT2D eigenvalue weighted by atomic mass is 10.2. The van der Waals surface area contributed by atoms with E-state index in [4.69, 9.17) is 16.1 Å². The van der Waals surface area contributed by atoms with E-state index in [1.54, 1.807) is 0 Å². The molecule has 0 aliphatic rings. The van der Waals surface area contributed by atoms with Gasteiger partial charge in [0, 0.05) is 6.42 Å². The van der Waals surface area contributed by atoms with Gasteiger partial charge in [-0.1, -0.05) is 0 Å². The lowest BCUT2D eigenvalue weighted by Crippen LogP contribution is -2.37. The first-order valence-corrected chi connectivity index (χ1v) is 4.65. The van der Waals surface area contributed by atoms with Gasteiger partial charge in [0.2, 0.25) is 5.91 Å². The molecule has 0 aromatic carbocycles. The number of hydrogen-bond acceptors (Lipinski definition) is 4. The first kappa shape index (κ1) is 13.4. The second-order valence-electron chi connectivity index (χ2n) is 3.19. The van der Waals surface area contributed by atoms with E-state index in [1.807, 2.05) is 6.07 Å². The van der Waals surface area contributed by atoms with Crippen LogP contribution in [0.3, 0.4) is 0 Å². The summed E-state index contributed by atoms with van der Waals surface area (Å²) in [7, 11) is 0. The highest BCUT2D eigenvalue weighted by atomic mass is 16.4. The molecule has 6 heteroatoms. The van der Waals surface area contributed by atoms with Crippen molar-refractivity contribution in [2.24, 2.45) is 5.73 Å². The van der Waals surface area contributed by atoms with Crippen LogP contribution in [0.4, 0.5) is 0 Å². The fraction of sp³-hybridized carbons (Fsp3) is 0.667. The Morgan fingerprint density at radius 3 is 2.47 bits per heavy atom. The Morgan fingerprint density at radius 1 is 1.33 bits per heavy atom. The Bertz CT molecular complexity index is 244. The van der Waals surface area contributed by atoms with Gasteiger partial charge in [0.15, 0.2) is 0 Å². The Morgan fingerprint density at radius 2 is 2.00 bits per heavy atom. The van der Waals surface area contributed by atoms with Crippen molar-refractivity contribution in [2.45, 2.75) is 19.3 Å². The summed E-state index contributed by atoms with van der Waals surface area (Å²) in [4.78, 5) is 22.5. The Balaban J connectivity index is 3.85. The molecule has 3 N–H and O–H groups in total.